The van der Waals surface area contributed by atoms with Crippen molar-refractivity contribution in [2.24, 2.45) is 5.92 Å². The number of nitrogens with one attached hydrogen (secondary N) is 4. The fourth-order valence-corrected chi connectivity index (χ4v) is 8.38. The summed E-state index contributed by atoms with van der Waals surface area (Å²) in [6.45, 7) is 0.163. The zero-order chi connectivity index (χ0) is 46.1. The first-order chi connectivity index (χ1) is 29.3. The van der Waals surface area contributed by atoms with Crippen LogP contribution in [0.2, 0.25) is 5.02 Å². The van der Waals surface area contributed by atoms with Crippen molar-refractivity contribution in [3.05, 3.63) is 115 Å². The zero-order valence-corrected chi connectivity index (χ0v) is 34.3. The van der Waals surface area contributed by atoms with Crippen LogP contribution in [0.25, 0.3) is 17.2 Å². The maximum Gasteiger partial charge on any atom is 0.405 e. The van der Waals surface area contributed by atoms with Crippen LogP contribution in [-0.4, -0.2) is 68.4 Å². The van der Waals surface area contributed by atoms with Crippen molar-refractivity contribution < 1.29 is 52.7 Å². The third kappa shape index (κ3) is 9.36. The number of nitrogens with zero attached hydrogens (tertiary/aromatic N) is 6. The first-order valence-electron chi connectivity index (χ1n) is 18.5. The largest absolute Gasteiger partial charge is 0.405 e. The standard InChI is InChI=1S/C38H32ClF9N10O4S/c1-15-6-16(2)52-35(51-15)23-12-27(60)58(25-5-4-22(39)29(34(49)56-63(3,61)62)30(25)50-14-37(44,45)46)36(54-23)24(9-17-7-18(40)10-19(41)8-17)53-26(59)13-57-32-28(31(55-57)33(42)43)20-11-21(20)38(32,47)48/h4-8,10,12,20-21,24,33,50H,9,11,13-14H2,1-3H3,(H2,49,56)(H,53,59)/t20-,21+,24-/m0/s1. The van der Waals surface area contributed by atoms with Crippen LogP contribution in [0.15, 0.2) is 47.3 Å². The number of amidine groups is 1. The first-order valence-corrected chi connectivity index (χ1v) is 20.8. The summed E-state index contributed by atoms with van der Waals surface area (Å²) in [5, 5.41) is 16.1. The van der Waals surface area contributed by atoms with Crippen molar-refractivity contribution in [1.29, 1.82) is 5.41 Å². The summed E-state index contributed by atoms with van der Waals surface area (Å²) < 4.78 is 157. The highest BCUT2D eigenvalue weighted by molar-refractivity contribution is 7.89. The third-order valence-corrected chi connectivity index (χ3v) is 10.9. The number of alkyl halides is 7. The molecule has 1 amide bonds. The lowest BCUT2D eigenvalue weighted by molar-refractivity contribution is -0.123. The van der Waals surface area contributed by atoms with E-state index in [0.29, 0.717) is 33.0 Å². The first kappa shape index (κ1) is 45.0. The molecule has 0 unspecified atom stereocenters. The minimum Gasteiger partial charge on any atom is -0.374 e. The molecule has 4 N–H and O–H groups in total. The molecule has 1 saturated carbocycles. The predicted molar refractivity (Wildman–Crippen MR) is 208 cm³/mol. The molecular formula is C38H32ClF9N10O4S. The number of fused-ring (bicyclic) bond motifs is 3. The maximum absolute atomic E-state index is 15.5. The number of hydrogen-bond donors (Lipinski definition) is 4. The van der Waals surface area contributed by atoms with Crippen molar-refractivity contribution in [3.63, 3.8) is 0 Å². The Bertz CT molecular complexity index is 2830. The van der Waals surface area contributed by atoms with Crippen molar-refractivity contribution in [2.45, 2.75) is 63.7 Å². The molecule has 0 radical (unpaired) electrons. The summed E-state index contributed by atoms with van der Waals surface area (Å²) in [4.78, 5) is 41.7. The highest BCUT2D eigenvalue weighted by Crippen LogP contribution is 2.68. The lowest BCUT2D eigenvalue weighted by Gasteiger charge is -2.26. The molecule has 7 rings (SSSR count). The van der Waals surface area contributed by atoms with E-state index in [2.05, 4.69) is 25.4 Å². The number of sulfonamides is 1. The molecule has 3 aromatic heterocycles. The van der Waals surface area contributed by atoms with Gasteiger partial charge in [0.15, 0.2) is 5.82 Å². The van der Waals surface area contributed by atoms with Gasteiger partial charge in [-0.05, 0) is 62.1 Å². The number of carbonyl (C=O) groups excluding carboxylic acids is 1. The van der Waals surface area contributed by atoms with Crippen LogP contribution >= 0.6 is 11.6 Å². The number of rotatable bonds is 13. The number of aryl methyl sites for hydroxylation is 2. The number of carbonyl (C=O) groups is 1. The van der Waals surface area contributed by atoms with E-state index in [4.69, 9.17) is 17.0 Å². The Hall–Kier alpha value is -6.04. The third-order valence-electron chi connectivity index (χ3n) is 10.0. The Morgan fingerprint density at radius 2 is 1.68 bits per heavy atom. The fraction of sp³-hybridized carbons (Fsp3) is 0.342. The summed E-state index contributed by atoms with van der Waals surface area (Å²) in [7, 11) is -4.28. The fourth-order valence-electron chi connectivity index (χ4n) is 7.66. The van der Waals surface area contributed by atoms with Crippen LogP contribution in [0.3, 0.4) is 0 Å². The second kappa shape index (κ2) is 16.3. The van der Waals surface area contributed by atoms with Gasteiger partial charge in [-0.3, -0.25) is 29.0 Å². The molecule has 0 spiro atoms. The van der Waals surface area contributed by atoms with E-state index in [1.54, 1.807) is 19.9 Å². The van der Waals surface area contributed by atoms with Crippen molar-refractivity contribution in [2.75, 3.05) is 18.1 Å². The Balaban J connectivity index is 1.46. The molecule has 0 saturated heterocycles. The van der Waals surface area contributed by atoms with Crippen molar-refractivity contribution in [1.82, 2.24) is 39.3 Å². The molecule has 2 aliphatic carbocycles. The molecular weight excluding hydrogens is 899 g/mol. The normalized spacial score (nSPS) is 17.0. The summed E-state index contributed by atoms with van der Waals surface area (Å²) in [5.41, 5.74) is -5.19. The van der Waals surface area contributed by atoms with Crippen molar-refractivity contribution >= 4 is 39.1 Å². The summed E-state index contributed by atoms with van der Waals surface area (Å²) in [6.07, 6.45) is -8.40. The quantitative estimate of drug-likeness (QED) is 0.0578. The van der Waals surface area contributed by atoms with Crippen molar-refractivity contribution in [3.8, 4) is 17.2 Å². The lowest BCUT2D eigenvalue weighted by atomic mass is 10.0. The highest BCUT2D eigenvalue weighted by Gasteiger charge is 2.67. The number of anilines is 1. The van der Waals surface area contributed by atoms with E-state index in [1.165, 1.54) is 0 Å². The van der Waals surface area contributed by atoms with Gasteiger partial charge >= 0.3 is 6.18 Å². The monoisotopic (exact) mass is 930 g/mol. The van der Waals surface area contributed by atoms with Gasteiger partial charge in [0.2, 0.25) is 15.9 Å². The Labute approximate surface area is 355 Å². The predicted octanol–water partition coefficient (Wildman–Crippen LogP) is 6.53. The van der Waals surface area contributed by atoms with Crippen LogP contribution in [0, 0.1) is 36.8 Å². The smallest absolute Gasteiger partial charge is 0.374 e. The van der Waals surface area contributed by atoms with Gasteiger partial charge in [-0.25, -0.2) is 40.9 Å². The molecule has 3 heterocycles. The van der Waals surface area contributed by atoms with E-state index in [-0.39, 0.29) is 29.1 Å². The number of aromatic nitrogens is 6. The minimum absolute atomic E-state index is 0.0797. The van der Waals surface area contributed by atoms with Gasteiger partial charge in [-0.2, -0.15) is 27.1 Å². The van der Waals surface area contributed by atoms with Gasteiger partial charge in [0, 0.05) is 41.4 Å². The number of halogens is 10. The van der Waals surface area contributed by atoms with E-state index in [9.17, 15) is 48.7 Å². The number of amides is 1. The van der Waals surface area contributed by atoms with Crippen LogP contribution in [0.4, 0.5) is 45.2 Å². The molecule has 63 heavy (non-hydrogen) atoms. The van der Waals surface area contributed by atoms with Gasteiger partial charge in [0.25, 0.3) is 17.9 Å². The lowest BCUT2D eigenvalue weighted by Crippen LogP contribution is -2.38. The highest BCUT2D eigenvalue weighted by atomic mass is 35.5. The van der Waals surface area contributed by atoms with Gasteiger partial charge < -0.3 is 10.6 Å². The molecule has 0 aliphatic heterocycles. The van der Waals surface area contributed by atoms with Gasteiger partial charge in [0.1, 0.15) is 53.5 Å². The van der Waals surface area contributed by atoms with Gasteiger partial charge in [0.05, 0.1) is 34.3 Å². The SMILES string of the molecule is Cc1cc(C)nc(-c2cc(=O)n(-c3ccc(Cl)c(C(=N)NS(C)(=O)=O)c3NCC(F)(F)F)c([C@H](Cc3cc(F)cc(F)c3)NC(=O)Cn3nc(C(F)F)c4c3C(F)(F)[C@@H]3C[C@H]43)n2)n1. The average molecular weight is 931 g/mol. The minimum atomic E-state index is -4.98. The zero-order valence-electron chi connectivity index (χ0n) is 32.7. The molecule has 1 fully saturated rings. The average Bonchev–Trinajstić information content (AvgIpc) is 3.80. The molecule has 2 aliphatic rings. The summed E-state index contributed by atoms with van der Waals surface area (Å²) >= 11 is 6.36. The van der Waals surface area contributed by atoms with Gasteiger partial charge in [-0.15, -0.1) is 0 Å². The summed E-state index contributed by atoms with van der Waals surface area (Å²) in [6, 6.07) is 4.78. The van der Waals surface area contributed by atoms with Crippen LogP contribution in [-0.2, 0) is 33.7 Å². The maximum atomic E-state index is 15.5. The van der Waals surface area contributed by atoms with E-state index in [1.807, 2.05) is 10.0 Å². The van der Waals surface area contributed by atoms with Crippen LogP contribution in [0.5, 0.6) is 0 Å². The second-order valence-electron chi connectivity index (χ2n) is 15.0. The summed E-state index contributed by atoms with van der Waals surface area (Å²) in [5.74, 6) is -11.2. The molecule has 3 atom stereocenters. The van der Waals surface area contributed by atoms with E-state index in [0.717, 1.165) is 30.3 Å². The second-order valence-corrected chi connectivity index (χ2v) is 17.1. The van der Waals surface area contributed by atoms with Crippen LogP contribution in [0.1, 0.15) is 70.1 Å². The Morgan fingerprint density at radius 1 is 1.03 bits per heavy atom. The van der Waals surface area contributed by atoms with Gasteiger partial charge in [-0.1, -0.05) is 11.6 Å². The molecule has 25 heteroatoms. The Morgan fingerprint density at radius 3 is 2.29 bits per heavy atom. The van der Waals surface area contributed by atoms with E-state index < -0.39 is 134 Å². The number of benzene rings is 2. The number of hydrogen-bond acceptors (Lipinski definition) is 10. The molecule has 2 aromatic carbocycles. The molecule has 0 bridgehead atoms. The van der Waals surface area contributed by atoms with E-state index >= 15 is 8.78 Å². The molecule has 5 aromatic rings. The molecule has 14 nitrogen and oxygen atoms in total. The van der Waals surface area contributed by atoms with Crippen LogP contribution < -0.4 is 20.9 Å². The molecule has 334 valence electrons. The Kier molecular flexibility index (Phi) is 11.6. The topological polar surface area (TPSA) is 190 Å².